The lowest BCUT2D eigenvalue weighted by Crippen LogP contribution is -2.30. The molecule has 0 aromatic carbocycles. The Hall–Kier alpha value is -1.36. The summed E-state index contributed by atoms with van der Waals surface area (Å²) in [6, 6.07) is 0. The monoisotopic (exact) mass is 651 g/mol. The normalized spacial score (nSPS) is 12.2. The molecular formula is C41H78O5. The third-order valence-electron chi connectivity index (χ3n) is 8.80. The Morgan fingerprint density at radius 2 is 0.870 bits per heavy atom. The third-order valence-corrected chi connectivity index (χ3v) is 8.80. The molecule has 1 atom stereocenters. The van der Waals surface area contributed by atoms with Crippen LogP contribution >= 0.6 is 0 Å². The van der Waals surface area contributed by atoms with Crippen molar-refractivity contribution in [3.63, 3.8) is 0 Å². The number of unbranched alkanes of at least 4 members (excludes halogenated alkanes) is 24. The Kier molecular flexibility index (Phi) is 37.0. The highest BCUT2D eigenvalue weighted by atomic mass is 16.6. The summed E-state index contributed by atoms with van der Waals surface area (Å²) in [6.45, 7) is 7.76. The van der Waals surface area contributed by atoms with Crippen molar-refractivity contribution < 1.29 is 23.8 Å². The van der Waals surface area contributed by atoms with Crippen LogP contribution in [0.15, 0.2) is 12.2 Å². The fourth-order valence-corrected chi connectivity index (χ4v) is 5.72. The highest BCUT2D eigenvalue weighted by Crippen LogP contribution is 2.14. The second-order valence-corrected chi connectivity index (χ2v) is 13.6. The zero-order valence-corrected chi connectivity index (χ0v) is 31.1. The lowest BCUT2D eigenvalue weighted by Gasteiger charge is -2.18. The van der Waals surface area contributed by atoms with Crippen molar-refractivity contribution in [2.45, 2.75) is 219 Å². The highest BCUT2D eigenvalue weighted by molar-refractivity contribution is 5.70. The van der Waals surface area contributed by atoms with E-state index in [0.717, 1.165) is 38.5 Å². The van der Waals surface area contributed by atoms with Gasteiger partial charge in [0.2, 0.25) is 0 Å². The van der Waals surface area contributed by atoms with E-state index < -0.39 is 6.10 Å². The van der Waals surface area contributed by atoms with Crippen LogP contribution in [-0.2, 0) is 23.8 Å². The first kappa shape index (κ1) is 44.6. The van der Waals surface area contributed by atoms with E-state index in [2.05, 4.69) is 32.9 Å². The Morgan fingerprint density at radius 1 is 0.457 bits per heavy atom. The third kappa shape index (κ3) is 35.5. The molecule has 0 aromatic heterocycles. The summed E-state index contributed by atoms with van der Waals surface area (Å²) >= 11 is 0. The van der Waals surface area contributed by atoms with Crippen LogP contribution in [0, 0.1) is 0 Å². The molecule has 0 fully saturated rings. The number of hydrogen-bond acceptors (Lipinski definition) is 5. The largest absolute Gasteiger partial charge is 0.462 e. The smallest absolute Gasteiger partial charge is 0.306 e. The second-order valence-electron chi connectivity index (χ2n) is 13.6. The summed E-state index contributed by atoms with van der Waals surface area (Å²) in [4.78, 5) is 25.0. The van der Waals surface area contributed by atoms with Gasteiger partial charge >= 0.3 is 11.9 Å². The number of carbonyl (C=O) groups excluding carboxylic acids is 2. The molecule has 0 N–H and O–H groups in total. The van der Waals surface area contributed by atoms with Crippen LogP contribution in [0.4, 0.5) is 0 Å². The molecule has 0 rings (SSSR count). The number of carbonyl (C=O) groups is 2. The first-order valence-electron chi connectivity index (χ1n) is 20.2. The molecule has 5 nitrogen and oxygen atoms in total. The first-order valence-corrected chi connectivity index (χ1v) is 20.2. The van der Waals surface area contributed by atoms with Gasteiger partial charge in [0.15, 0.2) is 6.10 Å². The molecule has 46 heavy (non-hydrogen) atoms. The molecule has 0 saturated carbocycles. The summed E-state index contributed by atoms with van der Waals surface area (Å²) in [7, 11) is 0. The number of allylic oxidation sites excluding steroid dienone is 2. The van der Waals surface area contributed by atoms with E-state index in [-0.39, 0.29) is 18.5 Å². The van der Waals surface area contributed by atoms with Crippen molar-refractivity contribution in [1.29, 1.82) is 0 Å². The van der Waals surface area contributed by atoms with Crippen molar-refractivity contribution >= 4 is 11.9 Å². The molecule has 0 aliphatic carbocycles. The zero-order chi connectivity index (χ0) is 33.6. The van der Waals surface area contributed by atoms with E-state index in [1.807, 2.05) is 0 Å². The highest BCUT2D eigenvalue weighted by Gasteiger charge is 2.17. The summed E-state index contributed by atoms with van der Waals surface area (Å²) in [5, 5.41) is 0. The van der Waals surface area contributed by atoms with Gasteiger partial charge in [-0.25, -0.2) is 0 Å². The maximum atomic E-state index is 12.6. The zero-order valence-electron chi connectivity index (χ0n) is 31.1. The minimum Gasteiger partial charge on any atom is -0.462 e. The lowest BCUT2D eigenvalue weighted by atomic mass is 10.1. The van der Waals surface area contributed by atoms with E-state index in [0.29, 0.717) is 26.1 Å². The van der Waals surface area contributed by atoms with Gasteiger partial charge in [-0.3, -0.25) is 9.59 Å². The molecule has 0 radical (unpaired) electrons. The summed E-state index contributed by atoms with van der Waals surface area (Å²) in [5.41, 5.74) is 0. The number of ether oxygens (including phenoxy) is 3. The van der Waals surface area contributed by atoms with E-state index in [1.165, 1.54) is 141 Å². The average Bonchev–Trinajstić information content (AvgIpc) is 3.05. The molecule has 0 saturated heterocycles. The minimum atomic E-state index is -0.525. The van der Waals surface area contributed by atoms with E-state index >= 15 is 0 Å². The molecule has 272 valence electrons. The minimum absolute atomic E-state index is 0.0899. The van der Waals surface area contributed by atoms with E-state index in [9.17, 15) is 9.59 Å². The topological polar surface area (TPSA) is 61.8 Å². The standard InChI is InChI=1S/C41H78O5/c1-4-7-10-13-16-19-20-21-24-27-30-33-36-44-37-39(46-41(43)35-32-29-26-23-18-15-12-9-6-3)38-45-40(42)34-31-28-25-22-17-14-11-8-5-2/h13,16,39H,4-12,14-15,17-38H2,1-3H3/b16-13-. The van der Waals surface area contributed by atoms with Crippen LogP contribution in [0.1, 0.15) is 213 Å². The lowest BCUT2D eigenvalue weighted by molar-refractivity contribution is -0.163. The van der Waals surface area contributed by atoms with Gasteiger partial charge in [0, 0.05) is 19.4 Å². The summed E-state index contributed by atoms with van der Waals surface area (Å²) < 4.78 is 17.2. The number of hydrogen-bond donors (Lipinski definition) is 0. The number of esters is 2. The Bertz CT molecular complexity index is 661. The van der Waals surface area contributed by atoms with Crippen molar-refractivity contribution in [3.05, 3.63) is 12.2 Å². The van der Waals surface area contributed by atoms with Gasteiger partial charge in [0.05, 0.1) is 6.61 Å². The fraction of sp³-hybridized carbons (Fsp3) is 0.902. The number of rotatable bonds is 37. The van der Waals surface area contributed by atoms with E-state index in [1.54, 1.807) is 0 Å². The molecule has 5 heteroatoms. The maximum absolute atomic E-state index is 12.6. The second kappa shape index (κ2) is 38.1. The molecule has 0 amide bonds. The van der Waals surface area contributed by atoms with E-state index in [4.69, 9.17) is 14.2 Å². The van der Waals surface area contributed by atoms with Crippen LogP contribution in [0.2, 0.25) is 0 Å². The van der Waals surface area contributed by atoms with Crippen molar-refractivity contribution in [2.24, 2.45) is 0 Å². The fourth-order valence-electron chi connectivity index (χ4n) is 5.72. The quantitative estimate of drug-likeness (QED) is 0.0380. The molecule has 0 aliphatic rings. The molecule has 0 aliphatic heterocycles. The van der Waals surface area contributed by atoms with Gasteiger partial charge in [-0.2, -0.15) is 0 Å². The molecule has 0 bridgehead atoms. The van der Waals surface area contributed by atoms with Crippen molar-refractivity contribution in [2.75, 3.05) is 19.8 Å². The summed E-state index contributed by atoms with van der Waals surface area (Å²) in [6.07, 6.45) is 39.1. The van der Waals surface area contributed by atoms with Crippen LogP contribution < -0.4 is 0 Å². The van der Waals surface area contributed by atoms with Crippen LogP contribution in [0.5, 0.6) is 0 Å². The average molecular weight is 651 g/mol. The first-order chi connectivity index (χ1) is 22.6. The predicted octanol–water partition coefficient (Wildman–Crippen LogP) is 12.8. The predicted molar refractivity (Wildman–Crippen MR) is 196 cm³/mol. The molecule has 0 spiro atoms. The maximum Gasteiger partial charge on any atom is 0.306 e. The van der Waals surface area contributed by atoms with Gasteiger partial charge in [-0.15, -0.1) is 0 Å². The van der Waals surface area contributed by atoms with Crippen LogP contribution in [0.3, 0.4) is 0 Å². The summed E-state index contributed by atoms with van der Waals surface area (Å²) in [5.74, 6) is -0.397. The Morgan fingerprint density at radius 3 is 1.39 bits per heavy atom. The van der Waals surface area contributed by atoms with Crippen LogP contribution in [0.25, 0.3) is 0 Å². The van der Waals surface area contributed by atoms with Gasteiger partial charge in [-0.05, 0) is 38.5 Å². The van der Waals surface area contributed by atoms with Gasteiger partial charge in [0.25, 0.3) is 0 Å². The van der Waals surface area contributed by atoms with Crippen LogP contribution in [-0.4, -0.2) is 37.9 Å². The SMILES string of the molecule is CCCC/C=C\CCCCCCCCOCC(COC(=O)CCCCCCCCCCC)OC(=O)CCCCCCCCCCC. The Balaban J connectivity index is 4.21. The molecule has 1 unspecified atom stereocenters. The Labute approximate surface area is 286 Å². The van der Waals surface area contributed by atoms with Gasteiger partial charge in [-0.1, -0.05) is 174 Å². The van der Waals surface area contributed by atoms with Crippen molar-refractivity contribution in [1.82, 2.24) is 0 Å². The van der Waals surface area contributed by atoms with Crippen molar-refractivity contribution in [3.8, 4) is 0 Å². The van der Waals surface area contributed by atoms with Gasteiger partial charge in [0.1, 0.15) is 6.61 Å². The molecule has 0 heterocycles. The molecule has 0 aromatic rings. The van der Waals surface area contributed by atoms with Gasteiger partial charge < -0.3 is 14.2 Å². The molecular weight excluding hydrogens is 572 g/mol.